The molecule has 6 heteroatoms. The second-order valence-corrected chi connectivity index (χ2v) is 7.14. The van der Waals surface area contributed by atoms with Crippen LogP contribution >= 0.6 is 0 Å². The summed E-state index contributed by atoms with van der Waals surface area (Å²) in [5.74, 6) is 1.93. The molecule has 1 aliphatic rings. The standard InChI is InChI=1S/C21H30N4O2/c1-5-25(6-2)18-8-7-17(20(11-18)27-4)14-24-10-9-16(13-24)19-12-21(26)23-15(3)22-19/h7-8,11-12,16H,5-6,9-10,13-14H2,1-4H3,(H,22,23,26). The van der Waals surface area contributed by atoms with E-state index in [0.717, 1.165) is 50.6 Å². The van der Waals surface area contributed by atoms with Crippen molar-refractivity contribution in [3.05, 3.63) is 51.7 Å². The first-order valence-corrected chi connectivity index (χ1v) is 9.76. The summed E-state index contributed by atoms with van der Waals surface area (Å²) < 4.78 is 5.67. The highest BCUT2D eigenvalue weighted by Crippen LogP contribution is 2.30. The van der Waals surface area contributed by atoms with Gasteiger partial charge in [0.2, 0.25) is 0 Å². The van der Waals surface area contributed by atoms with Crippen LogP contribution in [-0.4, -0.2) is 48.2 Å². The van der Waals surface area contributed by atoms with Gasteiger partial charge in [-0.15, -0.1) is 0 Å². The van der Waals surface area contributed by atoms with Crippen LogP contribution in [0.1, 0.15) is 43.3 Å². The number of aromatic amines is 1. The molecule has 3 rings (SSSR count). The third-order valence-electron chi connectivity index (χ3n) is 5.36. The van der Waals surface area contributed by atoms with Gasteiger partial charge in [0, 0.05) is 55.5 Å². The summed E-state index contributed by atoms with van der Waals surface area (Å²) in [6.07, 6.45) is 1.02. The summed E-state index contributed by atoms with van der Waals surface area (Å²) in [6, 6.07) is 8.13. The number of rotatable bonds is 7. The van der Waals surface area contributed by atoms with Gasteiger partial charge < -0.3 is 14.6 Å². The monoisotopic (exact) mass is 370 g/mol. The normalized spacial score (nSPS) is 17.3. The van der Waals surface area contributed by atoms with Gasteiger partial charge in [0.15, 0.2) is 0 Å². The van der Waals surface area contributed by atoms with Crippen molar-refractivity contribution in [2.45, 2.75) is 39.7 Å². The highest BCUT2D eigenvalue weighted by Gasteiger charge is 2.26. The molecule has 0 saturated carbocycles. The Balaban J connectivity index is 1.71. The Morgan fingerprint density at radius 3 is 2.74 bits per heavy atom. The van der Waals surface area contributed by atoms with Crippen LogP contribution < -0.4 is 15.2 Å². The fraction of sp³-hybridized carbons (Fsp3) is 0.524. The fourth-order valence-corrected chi connectivity index (χ4v) is 3.92. The van der Waals surface area contributed by atoms with E-state index < -0.39 is 0 Å². The Labute approximate surface area is 161 Å². The van der Waals surface area contributed by atoms with E-state index in [1.807, 2.05) is 6.92 Å². The number of anilines is 1. The van der Waals surface area contributed by atoms with E-state index in [2.05, 4.69) is 51.8 Å². The van der Waals surface area contributed by atoms with Gasteiger partial charge >= 0.3 is 0 Å². The van der Waals surface area contributed by atoms with Crippen molar-refractivity contribution >= 4 is 5.69 Å². The Morgan fingerprint density at radius 1 is 1.30 bits per heavy atom. The molecule has 0 aliphatic carbocycles. The summed E-state index contributed by atoms with van der Waals surface area (Å²) in [5.41, 5.74) is 3.24. The molecular formula is C21H30N4O2. The molecular weight excluding hydrogens is 340 g/mol. The third kappa shape index (κ3) is 4.50. The summed E-state index contributed by atoms with van der Waals surface area (Å²) >= 11 is 0. The van der Waals surface area contributed by atoms with Crippen LogP contribution in [0.3, 0.4) is 0 Å². The Morgan fingerprint density at radius 2 is 2.07 bits per heavy atom. The van der Waals surface area contributed by atoms with Crippen molar-refractivity contribution in [2.75, 3.05) is 38.2 Å². The number of hydrogen-bond acceptors (Lipinski definition) is 5. The molecule has 0 bridgehead atoms. The Hall–Kier alpha value is -2.34. The molecule has 1 N–H and O–H groups in total. The number of hydrogen-bond donors (Lipinski definition) is 1. The van der Waals surface area contributed by atoms with Gasteiger partial charge in [0.25, 0.3) is 5.56 Å². The van der Waals surface area contributed by atoms with Crippen LogP contribution in [0.4, 0.5) is 5.69 Å². The highest BCUT2D eigenvalue weighted by molar-refractivity contribution is 5.53. The molecule has 1 unspecified atom stereocenters. The number of nitrogens with one attached hydrogen (secondary N) is 1. The Kier molecular flexibility index (Phi) is 6.16. The topological polar surface area (TPSA) is 61.5 Å². The van der Waals surface area contributed by atoms with Crippen molar-refractivity contribution in [2.24, 2.45) is 0 Å². The van der Waals surface area contributed by atoms with Gasteiger partial charge in [-0.1, -0.05) is 6.07 Å². The largest absolute Gasteiger partial charge is 0.496 e. The van der Waals surface area contributed by atoms with E-state index in [9.17, 15) is 4.79 Å². The van der Waals surface area contributed by atoms with E-state index in [1.165, 1.54) is 11.3 Å². The van der Waals surface area contributed by atoms with Crippen molar-refractivity contribution in [3.63, 3.8) is 0 Å². The zero-order valence-electron chi connectivity index (χ0n) is 16.8. The molecule has 2 heterocycles. The maximum atomic E-state index is 11.7. The van der Waals surface area contributed by atoms with Crippen LogP contribution in [0, 0.1) is 6.92 Å². The molecule has 1 atom stereocenters. The van der Waals surface area contributed by atoms with Crippen molar-refractivity contribution in [1.82, 2.24) is 14.9 Å². The molecule has 0 radical (unpaired) electrons. The minimum atomic E-state index is -0.0652. The quantitative estimate of drug-likeness (QED) is 0.812. The van der Waals surface area contributed by atoms with Gasteiger partial charge in [-0.25, -0.2) is 4.98 Å². The van der Waals surface area contributed by atoms with Crippen LogP contribution in [0.15, 0.2) is 29.1 Å². The first kappa shape index (κ1) is 19.4. The molecule has 1 aromatic carbocycles. The summed E-state index contributed by atoms with van der Waals surface area (Å²) in [6.45, 7) is 10.9. The average Bonchev–Trinajstić information content (AvgIpc) is 3.11. The molecule has 1 aromatic heterocycles. The van der Waals surface area contributed by atoms with Gasteiger partial charge in [-0.05, 0) is 39.8 Å². The smallest absolute Gasteiger partial charge is 0.251 e. The minimum Gasteiger partial charge on any atom is -0.496 e. The van der Waals surface area contributed by atoms with E-state index in [4.69, 9.17) is 4.74 Å². The first-order chi connectivity index (χ1) is 13.0. The number of likely N-dealkylation sites (tertiary alicyclic amines) is 1. The van der Waals surface area contributed by atoms with Crippen LogP contribution in [0.5, 0.6) is 5.75 Å². The lowest BCUT2D eigenvalue weighted by Gasteiger charge is -2.23. The predicted octanol–water partition coefficient (Wildman–Crippen LogP) is 2.92. The second-order valence-electron chi connectivity index (χ2n) is 7.14. The molecule has 1 saturated heterocycles. The first-order valence-electron chi connectivity index (χ1n) is 9.76. The van der Waals surface area contributed by atoms with Crippen molar-refractivity contribution < 1.29 is 4.74 Å². The number of ether oxygens (including phenoxy) is 1. The number of aryl methyl sites for hydroxylation is 1. The van der Waals surface area contributed by atoms with Crippen LogP contribution in [-0.2, 0) is 6.54 Å². The molecule has 2 aromatic rings. The summed E-state index contributed by atoms with van der Waals surface area (Å²) in [4.78, 5) is 23.7. The SMILES string of the molecule is CCN(CC)c1ccc(CN2CCC(c3cc(=O)[nH]c(C)n3)C2)c(OC)c1. The van der Waals surface area contributed by atoms with E-state index in [0.29, 0.717) is 11.7 Å². The van der Waals surface area contributed by atoms with E-state index in [1.54, 1.807) is 13.2 Å². The lowest BCUT2D eigenvalue weighted by molar-refractivity contribution is 0.316. The Bertz CT molecular complexity index is 829. The maximum Gasteiger partial charge on any atom is 0.251 e. The molecule has 146 valence electrons. The number of benzene rings is 1. The lowest BCUT2D eigenvalue weighted by Crippen LogP contribution is -2.23. The van der Waals surface area contributed by atoms with Gasteiger partial charge in [0.1, 0.15) is 11.6 Å². The molecule has 1 fully saturated rings. The van der Waals surface area contributed by atoms with E-state index >= 15 is 0 Å². The number of methoxy groups -OCH3 is 1. The summed E-state index contributed by atoms with van der Waals surface area (Å²) in [5, 5.41) is 0. The lowest BCUT2D eigenvalue weighted by atomic mass is 10.0. The number of aromatic nitrogens is 2. The third-order valence-corrected chi connectivity index (χ3v) is 5.36. The molecule has 1 aliphatic heterocycles. The zero-order chi connectivity index (χ0) is 19.4. The second kappa shape index (κ2) is 8.57. The van der Waals surface area contributed by atoms with Crippen LogP contribution in [0.25, 0.3) is 0 Å². The number of nitrogens with zero attached hydrogens (tertiary/aromatic N) is 3. The summed E-state index contributed by atoms with van der Waals surface area (Å²) in [7, 11) is 1.74. The van der Waals surface area contributed by atoms with Gasteiger partial charge in [-0.3, -0.25) is 9.69 Å². The van der Waals surface area contributed by atoms with E-state index in [-0.39, 0.29) is 5.56 Å². The van der Waals surface area contributed by atoms with Crippen molar-refractivity contribution in [1.29, 1.82) is 0 Å². The fourth-order valence-electron chi connectivity index (χ4n) is 3.92. The predicted molar refractivity (Wildman–Crippen MR) is 109 cm³/mol. The molecule has 6 nitrogen and oxygen atoms in total. The highest BCUT2D eigenvalue weighted by atomic mass is 16.5. The zero-order valence-corrected chi connectivity index (χ0v) is 16.8. The number of H-pyrrole nitrogens is 1. The minimum absolute atomic E-state index is 0.0652. The van der Waals surface area contributed by atoms with Crippen molar-refractivity contribution in [3.8, 4) is 5.75 Å². The molecule has 0 amide bonds. The maximum absolute atomic E-state index is 11.7. The average molecular weight is 370 g/mol. The van der Waals surface area contributed by atoms with Gasteiger partial charge in [0.05, 0.1) is 12.8 Å². The van der Waals surface area contributed by atoms with Crippen LogP contribution in [0.2, 0.25) is 0 Å². The van der Waals surface area contributed by atoms with Gasteiger partial charge in [-0.2, -0.15) is 0 Å². The molecule has 27 heavy (non-hydrogen) atoms. The molecule has 0 spiro atoms.